The number of hydrogen-bond donors (Lipinski definition) is 3. The number of anilines is 2. The fourth-order valence-corrected chi connectivity index (χ4v) is 3.24. The summed E-state index contributed by atoms with van der Waals surface area (Å²) in [7, 11) is -1.22. The summed E-state index contributed by atoms with van der Waals surface area (Å²) in [5.41, 5.74) is -0.104. The molecule has 0 radical (unpaired) electrons. The Morgan fingerprint density at radius 1 is 1.17 bits per heavy atom. The predicted octanol–water partition coefficient (Wildman–Crippen LogP) is 2.35. The normalized spacial score (nSPS) is 10.9. The number of ether oxygens (including phenoxy) is 2. The van der Waals surface area contributed by atoms with Crippen molar-refractivity contribution < 1.29 is 27.6 Å². The van der Waals surface area contributed by atoms with Crippen molar-refractivity contribution in [3.63, 3.8) is 0 Å². The van der Waals surface area contributed by atoms with Crippen LogP contribution in [0.3, 0.4) is 0 Å². The van der Waals surface area contributed by atoms with Gasteiger partial charge in [-0.2, -0.15) is 0 Å². The second-order valence-corrected chi connectivity index (χ2v) is 7.86. The Morgan fingerprint density at radius 2 is 1.83 bits per heavy atom. The van der Waals surface area contributed by atoms with Gasteiger partial charge in [0.2, 0.25) is 15.9 Å². The number of sulfonamides is 1. The molecule has 11 nitrogen and oxygen atoms in total. The van der Waals surface area contributed by atoms with Gasteiger partial charge in [0.1, 0.15) is 17.2 Å². The van der Waals surface area contributed by atoms with Gasteiger partial charge in [0.15, 0.2) is 0 Å². The molecule has 0 atom stereocenters. The summed E-state index contributed by atoms with van der Waals surface area (Å²) in [6.07, 6.45) is -0.0547. The first-order valence-electron chi connectivity index (χ1n) is 8.33. The van der Waals surface area contributed by atoms with Gasteiger partial charge in [0.25, 0.3) is 5.69 Å². The third-order valence-electron chi connectivity index (χ3n) is 3.91. The third-order valence-corrected chi connectivity index (χ3v) is 5.12. The van der Waals surface area contributed by atoms with E-state index in [9.17, 15) is 23.3 Å². The quantitative estimate of drug-likeness (QED) is 0.380. The van der Waals surface area contributed by atoms with Crippen LogP contribution in [0.4, 0.5) is 17.1 Å². The summed E-state index contributed by atoms with van der Waals surface area (Å²) in [5.74, 6) is 0.307. The van der Waals surface area contributed by atoms with Gasteiger partial charge in [0.05, 0.1) is 34.7 Å². The van der Waals surface area contributed by atoms with Crippen LogP contribution >= 0.6 is 11.6 Å². The standard InChI is InChI=1S/C17H19ClN4O7S/c1-28-15-9-16(29-2)13(8-11(15)18)21-17(23)5-6-20-12-4-3-10(30(19,26)27)7-14(12)22(24)25/h3-4,7-9,20H,5-6H2,1-2H3,(H,21,23)(H2,19,26,27). The molecule has 0 heterocycles. The molecule has 4 N–H and O–H groups in total. The van der Waals surface area contributed by atoms with Gasteiger partial charge < -0.3 is 20.1 Å². The van der Waals surface area contributed by atoms with E-state index in [1.54, 1.807) is 0 Å². The van der Waals surface area contributed by atoms with Crippen molar-refractivity contribution in [1.29, 1.82) is 0 Å². The molecule has 2 rings (SSSR count). The summed E-state index contributed by atoms with van der Waals surface area (Å²) in [6, 6.07) is 6.19. The zero-order chi connectivity index (χ0) is 22.5. The number of benzene rings is 2. The van der Waals surface area contributed by atoms with E-state index in [0.717, 1.165) is 12.1 Å². The summed E-state index contributed by atoms with van der Waals surface area (Å²) >= 11 is 6.06. The van der Waals surface area contributed by atoms with E-state index >= 15 is 0 Å². The van der Waals surface area contributed by atoms with E-state index in [4.69, 9.17) is 26.2 Å². The average Bonchev–Trinajstić information content (AvgIpc) is 2.67. The summed E-state index contributed by atoms with van der Waals surface area (Å²) in [6.45, 7) is 0.0353. The maximum absolute atomic E-state index is 12.2. The number of nitro groups is 1. The lowest BCUT2D eigenvalue weighted by Gasteiger charge is -2.13. The van der Waals surface area contributed by atoms with Gasteiger partial charge >= 0.3 is 0 Å². The highest BCUT2D eigenvalue weighted by Gasteiger charge is 2.19. The molecule has 0 aliphatic carbocycles. The molecule has 1 amide bonds. The van der Waals surface area contributed by atoms with Gasteiger partial charge in [-0.1, -0.05) is 11.6 Å². The van der Waals surface area contributed by atoms with Crippen molar-refractivity contribution in [1.82, 2.24) is 0 Å². The lowest BCUT2D eigenvalue weighted by atomic mass is 10.2. The van der Waals surface area contributed by atoms with Crippen LogP contribution in [0.1, 0.15) is 6.42 Å². The van der Waals surface area contributed by atoms with Crippen LogP contribution in [0.25, 0.3) is 0 Å². The number of amides is 1. The number of carbonyl (C=O) groups is 1. The fourth-order valence-electron chi connectivity index (χ4n) is 2.47. The van der Waals surface area contributed by atoms with E-state index in [1.807, 2.05) is 0 Å². The molecule has 0 aliphatic rings. The number of halogens is 1. The van der Waals surface area contributed by atoms with E-state index in [-0.39, 0.29) is 28.6 Å². The molecule has 2 aromatic rings. The Balaban J connectivity index is 2.06. The Labute approximate surface area is 177 Å². The second kappa shape index (κ2) is 9.61. The van der Waals surface area contributed by atoms with Crippen molar-refractivity contribution in [3.05, 3.63) is 45.5 Å². The highest BCUT2D eigenvalue weighted by molar-refractivity contribution is 7.89. The number of nitrogens with two attached hydrogens (primary N) is 1. The highest BCUT2D eigenvalue weighted by atomic mass is 35.5. The smallest absolute Gasteiger partial charge is 0.293 e. The monoisotopic (exact) mass is 458 g/mol. The molecule has 162 valence electrons. The van der Waals surface area contributed by atoms with Crippen LogP contribution in [0.15, 0.2) is 35.2 Å². The lowest BCUT2D eigenvalue weighted by molar-refractivity contribution is -0.384. The SMILES string of the molecule is COc1cc(OC)c(NC(=O)CCNc2ccc(S(N)(=O)=O)cc2[N+](=O)[O-])cc1Cl. The zero-order valence-corrected chi connectivity index (χ0v) is 17.5. The molecule has 0 unspecified atom stereocenters. The minimum absolute atomic E-state index is 0.0353. The first-order valence-corrected chi connectivity index (χ1v) is 10.3. The molecule has 13 heteroatoms. The summed E-state index contributed by atoms with van der Waals surface area (Å²) < 4.78 is 33.0. The lowest BCUT2D eigenvalue weighted by Crippen LogP contribution is -2.17. The largest absolute Gasteiger partial charge is 0.495 e. The molecule has 0 fully saturated rings. The Morgan fingerprint density at radius 3 is 2.40 bits per heavy atom. The van der Waals surface area contributed by atoms with E-state index in [2.05, 4.69) is 10.6 Å². The minimum atomic E-state index is -4.09. The molecular formula is C17H19ClN4O7S. The van der Waals surface area contributed by atoms with Crippen molar-refractivity contribution >= 4 is 44.6 Å². The molecular weight excluding hydrogens is 440 g/mol. The fraction of sp³-hybridized carbons (Fsp3) is 0.235. The number of primary sulfonamides is 1. The average molecular weight is 459 g/mol. The minimum Gasteiger partial charge on any atom is -0.495 e. The first-order chi connectivity index (χ1) is 14.1. The Kier molecular flexibility index (Phi) is 7.43. The van der Waals surface area contributed by atoms with Gasteiger partial charge in [-0.25, -0.2) is 13.6 Å². The number of carbonyl (C=O) groups excluding carboxylic acids is 1. The third kappa shape index (κ3) is 5.72. The highest BCUT2D eigenvalue weighted by Crippen LogP contribution is 2.36. The van der Waals surface area contributed by atoms with Crippen LogP contribution < -0.4 is 25.2 Å². The van der Waals surface area contributed by atoms with Crippen LogP contribution in [0, 0.1) is 10.1 Å². The summed E-state index contributed by atoms with van der Waals surface area (Å²) in [5, 5.41) is 21.8. The maximum atomic E-state index is 12.2. The summed E-state index contributed by atoms with van der Waals surface area (Å²) in [4.78, 5) is 22.3. The molecule has 0 bridgehead atoms. The Bertz CT molecular complexity index is 1080. The number of nitro benzene ring substituents is 1. The van der Waals surface area contributed by atoms with E-state index in [1.165, 1.54) is 32.4 Å². The van der Waals surface area contributed by atoms with Crippen LogP contribution in [0.5, 0.6) is 11.5 Å². The molecule has 0 spiro atoms. The topological polar surface area (TPSA) is 163 Å². The molecule has 0 saturated heterocycles. The molecule has 2 aromatic carbocycles. The number of nitrogens with zero attached hydrogens (tertiary/aromatic N) is 1. The molecule has 0 aromatic heterocycles. The molecule has 30 heavy (non-hydrogen) atoms. The predicted molar refractivity (Wildman–Crippen MR) is 111 cm³/mol. The van der Waals surface area contributed by atoms with Crippen LogP contribution in [-0.4, -0.2) is 40.0 Å². The van der Waals surface area contributed by atoms with Crippen molar-refractivity contribution in [3.8, 4) is 11.5 Å². The second-order valence-electron chi connectivity index (χ2n) is 5.89. The number of hydrogen-bond acceptors (Lipinski definition) is 8. The van der Waals surface area contributed by atoms with Crippen molar-refractivity contribution in [2.75, 3.05) is 31.4 Å². The van der Waals surface area contributed by atoms with E-state index in [0.29, 0.717) is 17.2 Å². The number of rotatable bonds is 9. The van der Waals surface area contributed by atoms with Crippen molar-refractivity contribution in [2.24, 2.45) is 5.14 Å². The number of nitrogens with one attached hydrogen (secondary N) is 2. The van der Waals surface area contributed by atoms with E-state index < -0.39 is 26.5 Å². The van der Waals surface area contributed by atoms with Crippen LogP contribution in [-0.2, 0) is 14.8 Å². The Hall–Kier alpha value is -3.09. The van der Waals surface area contributed by atoms with Gasteiger partial charge in [0, 0.05) is 25.1 Å². The van der Waals surface area contributed by atoms with Crippen molar-refractivity contribution in [2.45, 2.75) is 11.3 Å². The zero-order valence-electron chi connectivity index (χ0n) is 16.0. The maximum Gasteiger partial charge on any atom is 0.293 e. The van der Waals surface area contributed by atoms with Gasteiger partial charge in [-0.3, -0.25) is 14.9 Å². The van der Waals surface area contributed by atoms with Crippen LogP contribution in [0.2, 0.25) is 5.02 Å². The first kappa shape index (κ1) is 23.2. The molecule has 0 saturated carbocycles. The van der Waals surface area contributed by atoms with Gasteiger partial charge in [-0.15, -0.1) is 0 Å². The van der Waals surface area contributed by atoms with Gasteiger partial charge in [-0.05, 0) is 18.2 Å². The molecule has 0 aliphatic heterocycles. The number of methoxy groups -OCH3 is 2.